The summed E-state index contributed by atoms with van der Waals surface area (Å²) in [4.78, 5) is 32.2. The van der Waals surface area contributed by atoms with Crippen molar-refractivity contribution in [3.05, 3.63) is 63.9 Å². The normalized spacial score (nSPS) is 10.4. The maximum atomic E-state index is 12.0. The van der Waals surface area contributed by atoms with E-state index in [1.54, 1.807) is 12.1 Å². The zero-order valence-electron chi connectivity index (χ0n) is 17.9. The number of carbonyl (C=O) groups excluding carboxylic acids is 2. The molecule has 3 N–H and O–H groups in total. The Morgan fingerprint density at radius 2 is 1.50 bits per heavy atom. The molecule has 0 unspecified atom stereocenters. The van der Waals surface area contributed by atoms with Gasteiger partial charge < -0.3 is 25.3 Å². The molecule has 0 aliphatic carbocycles. The van der Waals surface area contributed by atoms with Crippen LogP contribution >= 0.6 is 11.6 Å². The molecule has 1 heterocycles. The lowest BCUT2D eigenvalue weighted by Crippen LogP contribution is -2.09. The lowest BCUT2D eigenvalue weighted by Gasteiger charge is -2.14. The van der Waals surface area contributed by atoms with Crippen molar-refractivity contribution in [1.29, 1.82) is 0 Å². The Labute approximate surface area is 189 Å². The highest BCUT2D eigenvalue weighted by Crippen LogP contribution is 2.34. The number of rotatable bonds is 6. The summed E-state index contributed by atoms with van der Waals surface area (Å²) in [5.74, 6) is -0.378. The fourth-order valence-corrected chi connectivity index (χ4v) is 3.05. The van der Waals surface area contributed by atoms with E-state index in [2.05, 4.69) is 15.3 Å². The van der Waals surface area contributed by atoms with Crippen LogP contribution in [0.1, 0.15) is 31.8 Å². The molecule has 0 bridgehead atoms. The van der Waals surface area contributed by atoms with Gasteiger partial charge in [0.15, 0.2) is 5.82 Å². The van der Waals surface area contributed by atoms with E-state index in [9.17, 15) is 9.59 Å². The molecule has 3 aromatic rings. The lowest BCUT2D eigenvalue weighted by atomic mass is 10.1. The summed E-state index contributed by atoms with van der Waals surface area (Å²) in [6.45, 7) is 3.73. The molecule has 2 aromatic carbocycles. The fraction of sp³-hybridized carbons (Fsp3) is 0.182. The average Bonchev–Trinajstić information content (AvgIpc) is 2.78. The van der Waals surface area contributed by atoms with Gasteiger partial charge >= 0.3 is 11.9 Å². The van der Waals surface area contributed by atoms with E-state index < -0.39 is 11.9 Å². The molecule has 166 valence electrons. The molecule has 32 heavy (non-hydrogen) atoms. The minimum Gasteiger partial charge on any atom is -0.465 e. The number of methoxy groups -OCH3 is 2. The first kappa shape index (κ1) is 22.8. The molecule has 0 spiro atoms. The number of aryl methyl sites for hydroxylation is 2. The summed E-state index contributed by atoms with van der Waals surface area (Å²) in [6.07, 6.45) is 1.27. The quantitative estimate of drug-likeness (QED) is 0.517. The summed E-state index contributed by atoms with van der Waals surface area (Å²) >= 11 is 6.21. The fourth-order valence-electron chi connectivity index (χ4n) is 2.94. The number of nitrogens with zero attached hydrogens (tertiary/aromatic N) is 2. The number of aromatic nitrogens is 2. The molecular weight excluding hydrogens is 436 g/mol. The van der Waals surface area contributed by atoms with Crippen LogP contribution in [0.5, 0.6) is 11.6 Å². The minimum absolute atomic E-state index is 0.126. The van der Waals surface area contributed by atoms with Crippen LogP contribution in [0.15, 0.2) is 36.7 Å². The number of benzene rings is 2. The van der Waals surface area contributed by atoms with E-state index >= 15 is 0 Å². The molecule has 10 heteroatoms. The van der Waals surface area contributed by atoms with Crippen molar-refractivity contribution in [2.45, 2.75) is 13.8 Å². The standard InChI is InChI=1S/C22H21ClN4O5/c1-11-5-16(6-12(2)17(11)23)32-20-18(24)19(25-10-26-20)27-15-8-13(21(28)30-3)7-14(9-15)22(29)31-4/h5-10H,24H2,1-4H3,(H,25,26,27). The number of nitrogens with one attached hydrogen (secondary N) is 1. The molecule has 0 fully saturated rings. The number of esters is 2. The topological polar surface area (TPSA) is 126 Å². The van der Waals surface area contributed by atoms with Crippen LogP contribution in [-0.4, -0.2) is 36.1 Å². The van der Waals surface area contributed by atoms with Crippen molar-refractivity contribution < 1.29 is 23.8 Å². The predicted octanol–water partition coefficient (Wildman–Crippen LogP) is 4.44. The van der Waals surface area contributed by atoms with Crippen LogP contribution in [0, 0.1) is 13.8 Å². The number of halogens is 1. The van der Waals surface area contributed by atoms with Gasteiger partial charge in [0.1, 0.15) is 17.8 Å². The van der Waals surface area contributed by atoms with E-state index in [4.69, 9.17) is 31.5 Å². The van der Waals surface area contributed by atoms with Crippen molar-refractivity contribution in [1.82, 2.24) is 9.97 Å². The Bertz CT molecular complexity index is 1140. The van der Waals surface area contributed by atoms with Gasteiger partial charge in [-0.1, -0.05) is 11.6 Å². The maximum Gasteiger partial charge on any atom is 0.337 e. The van der Waals surface area contributed by atoms with E-state index in [0.29, 0.717) is 16.5 Å². The second kappa shape index (κ2) is 9.52. The number of anilines is 3. The number of nitrogen functional groups attached to an aromatic ring is 1. The summed E-state index contributed by atoms with van der Waals surface area (Å²) in [5.41, 5.74) is 8.69. The SMILES string of the molecule is COC(=O)c1cc(Nc2ncnc(Oc3cc(C)c(Cl)c(C)c3)c2N)cc(C(=O)OC)c1. The predicted molar refractivity (Wildman–Crippen MR) is 120 cm³/mol. The first-order valence-corrected chi connectivity index (χ1v) is 9.75. The third-order valence-electron chi connectivity index (χ3n) is 4.51. The summed E-state index contributed by atoms with van der Waals surface area (Å²) in [7, 11) is 2.49. The number of carbonyl (C=O) groups is 2. The minimum atomic E-state index is -0.619. The van der Waals surface area contributed by atoms with Crippen molar-refractivity contribution >= 4 is 40.7 Å². The van der Waals surface area contributed by atoms with Crippen molar-refractivity contribution in [3.8, 4) is 11.6 Å². The number of ether oxygens (including phenoxy) is 3. The highest BCUT2D eigenvalue weighted by atomic mass is 35.5. The Hall–Kier alpha value is -3.85. The molecular formula is C22H21ClN4O5. The third-order valence-corrected chi connectivity index (χ3v) is 5.11. The smallest absolute Gasteiger partial charge is 0.337 e. The maximum absolute atomic E-state index is 12.0. The third kappa shape index (κ3) is 4.89. The zero-order valence-corrected chi connectivity index (χ0v) is 18.6. The van der Waals surface area contributed by atoms with E-state index in [-0.39, 0.29) is 28.5 Å². The van der Waals surface area contributed by atoms with E-state index in [1.165, 1.54) is 38.7 Å². The first-order chi connectivity index (χ1) is 15.2. The van der Waals surface area contributed by atoms with E-state index in [1.807, 2.05) is 13.8 Å². The summed E-state index contributed by atoms with van der Waals surface area (Å²) in [6, 6.07) is 7.89. The van der Waals surface area contributed by atoms with Crippen molar-refractivity contribution in [2.75, 3.05) is 25.3 Å². The van der Waals surface area contributed by atoms with Gasteiger partial charge in [0, 0.05) is 10.7 Å². The van der Waals surface area contributed by atoms with Crippen LogP contribution in [0.2, 0.25) is 5.02 Å². The number of nitrogens with two attached hydrogens (primary N) is 1. The van der Waals surface area contributed by atoms with Crippen molar-refractivity contribution in [2.24, 2.45) is 0 Å². The molecule has 0 radical (unpaired) electrons. The second-order valence-electron chi connectivity index (χ2n) is 6.82. The van der Waals surface area contributed by atoms with Gasteiger partial charge in [0.05, 0.1) is 25.3 Å². The Morgan fingerprint density at radius 1 is 0.938 bits per heavy atom. The number of hydrogen-bond acceptors (Lipinski definition) is 9. The Kier molecular flexibility index (Phi) is 6.79. The molecule has 0 saturated carbocycles. The van der Waals surface area contributed by atoms with Gasteiger partial charge in [-0.2, -0.15) is 4.98 Å². The summed E-state index contributed by atoms with van der Waals surface area (Å²) < 4.78 is 15.3. The molecule has 0 atom stereocenters. The molecule has 3 rings (SSSR count). The molecule has 1 aromatic heterocycles. The van der Waals surface area contributed by atoms with Crippen LogP contribution in [-0.2, 0) is 9.47 Å². The monoisotopic (exact) mass is 456 g/mol. The van der Waals surface area contributed by atoms with Crippen LogP contribution in [0.25, 0.3) is 0 Å². The Balaban J connectivity index is 1.95. The molecule has 0 amide bonds. The molecule has 9 nitrogen and oxygen atoms in total. The highest BCUT2D eigenvalue weighted by molar-refractivity contribution is 6.32. The van der Waals surface area contributed by atoms with Gasteiger partial charge in [-0.3, -0.25) is 0 Å². The molecule has 0 saturated heterocycles. The van der Waals surface area contributed by atoms with Crippen molar-refractivity contribution in [3.63, 3.8) is 0 Å². The Morgan fingerprint density at radius 3 is 2.03 bits per heavy atom. The summed E-state index contributed by atoms with van der Waals surface area (Å²) in [5, 5.41) is 3.63. The second-order valence-corrected chi connectivity index (χ2v) is 7.20. The molecule has 0 aliphatic rings. The van der Waals surface area contributed by atoms with Gasteiger partial charge in [-0.25, -0.2) is 14.6 Å². The lowest BCUT2D eigenvalue weighted by molar-refractivity contribution is 0.0599. The number of hydrogen-bond donors (Lipinski definition) is 2. The largest absolute Gasteiger partial charge is 0.465 e. The average molecular weight is 457 g/mol. The van der Waals surface area contributed by atoms with Crippen LogP contribution < -0.4 is 15.8 Å². The van der Waals surface area contributed by atoms with Gasteiger partial charge in [0.2, 0.25) is 5.88 Å². The van der Waals surface area contributed by atoms with Gasteiger partial charge in [0.25, 0.3) is 0 Å². The van der Waals surface area contributed by atoms with Gasteiger partial charge in [-0.05, 0) is 55.3 Å². The highest BCUT2D eigenvalue weighted by Gasteiger charge is 2.16. The van der Waals surface area contributed by atoms with Crippen LogP contribution in [0.3, 0.4) is 0 Å². The first-order valence-electron chi connectivity index (χ1n) is 9.37. The van der Waals surface area contributed by atoms with Crippen LogP contribution in [0.4, 0.5) is 17.2 Å². The molecule has 0 aliphatic heterocycles. The van der Waals surface area contributed by atoms with Gasteiger partial charge in [-0.15, -0.1) is 0 Å². The zero-order chi connectivity index (χ0) is 23.4. The van der Waals surface area contributed by atoms with E-state index in [0.717, 1.165) is 11.1 Å².